The van der Waals surface area contributed by atoms with Crippen LogP contribution in [0.25, 0.3) is 0 Å². The maximum Gasteiger partial charge on any atom is 0.164 e. The number of aliphatic hydroxyl groups excluding tert-OH is 3. The molecule has 0 atom stereocenters. The van der Waals surface area contributed by atoms with Gasteiger partial charge in [0.2, 0.25) is 0 Å². The summed E-state index contributed by atoms with van der Waals surface area (Å²) in [6.07, 6.45) is 7.86. The van der Waals surface area contributed by atoms with Gasteiger partial charge in [0.05, 0.1) is 5.97 Å². The first kappa shape index (κ1) is 36.5. The fourth-order valence-electron chi connectivity index (χ4n) is 4.24. The largest absolute Gasteiger partial charge is 0.545 e. The van der Waals surface area contributed by atoms with Crippen molar-refractivity contribution >= 4 is 11.7 Å². The van der Waals surface area contributed by atoms with E-state index in [4.69, 9.17) is 15.3 Å². The van der Waals surface area contributed by atoms with E-state index in [0.717, 1.165) is 55.3 Å². The molecule has 0 saturated heterocycles. The number of quaternary nitrogens is 1. The van der Waals surface area contributed by atoms with Crippen molar-refractivity contribution < 1.29 is 35.3 Å². The Balaban J connectivity index is 0.000000742. The van der Waals surface area contributed by atoms with Gasteiger partial charge in [-0.3, -0.25) is 0 Å². The molecule has 0 heterocycles. The molecule has 0 aliphatic rings. The number of aryl methyl sites for hydroxylation is 1. The second kappa shape index (κ2) is 19.5. The number of rotatable bonds is 15. The van der Waals surface area contributed by atoms with Gasteiger partial charge in [0.15, 0.2) is 5.54 Å². The van der Waals surface area contributed by atoms with Crippen LogP contribution in [0.15, 0.2) is 66.7 Å². The van der Waals surface area contributed by atoms with Crippen molar-refractivity contribution in [3.63, 3.8) is 0 Å². The number of carboxylic acid groups (broad SMARTS) is 1. The number of carbonyl (C=O) groups is 1. The van der Waals surface area contributed by atoms with Gasteiger partial charge in [0.25, 0.3) is 0 Å². The molecule has 6 N–H and O–H groups in total. The van der Waals surface area contributed by atoms with E-state index in [2.05, 4.69) is 60.6 Å². The van der Waals surface area contributed by atoms with Gasteiger partial charge in [-0.25, -0.2) is 4.39 Å². The van der Waals surface area contributed by atoms with Crippen molar-refractivity contribution in [2.75, 3.05) is 31.3 Å². The number of nitrogens with zero attached hydrogens (tertiary/aromatic N) is 1. The minimum absolute atomic E-state index is 0.292. The third kappa shape index (κ3) is 12.5. The number of aromatic carboxylic acids is 1. The van der Waals surface area contributed by atoms with Crippen molar-refractivity contribution in [3.05, 3.63) is 100 Å². The first-order valence-corrected chi connectivity index (χ1v) is 15.3. The lowest BCUT2D eigenvalue weighted by molar-refractivity contribution is -0.494. The normalized spacial score (nSPS) is 10.8. The van der Waals surface area contributed by atoms with Crippen molar-refractivity contribution in [2.24, 2.45) is 0 Å². The van der Waals surface area contributed by atoms with Crippen LogP contribution in [-0.2, 0) is 13.0 Å². The van der Waals surface area contributed by atoms with Crippen molar-refractivity contribution in [3.8, 4) is 11.8 Å². The maximum absolute atomic E-state index is 13.9. The van der Waals surface area contributed by atoms with E-state index < -0.39 is 22.9 Å². The van der Waals surface area contributed by atoms with Crippen LogP contribution in [0.4, 0.5) is 10.1 Å². The summed E-state index contributed by atoms with van der Waals surface area (Å²) in [6.45, 7) is 4.84. The van der Waals surface area contributed by atoms with E-state index in [-0.39, 0.29) is 19.8 Å². The molecule has 44 heavy (non-hydrogen) atoms. The second-order valence-corrected chi connectivity index (χ2v) is 11.2. The fraction of sp³-hybridized carbons (Fsp3) is 0.417. The number of aliphatic hydroxyl groups is 3. The Morgan fingerprint density at radius 1 is 0.818 bits per heavy atom. The summed E-state index contributed by atoms with van der Waals surface area (Å²) in [5, 5.41) is 36.5. The zero-order valence-corrected chi connectivity index (χ0v) is 26.0. The van der Waals surface area contributed by atoms with E-state index in [0.29, 0.717) is 12.2 Å². The highest BCUT2D eigenvalue weighted by Crippen LogP contribution is 2.22. The molecule has 0 aliphatic carbocycles. The highest BCUT2D eigenvalue weighted by Gasteiger charge is 2.25. The van der Waals surface area contributed by atoms with Crippen LogP contribution in [-0.4, -0.2) is 53.2 Å². The average molecular weight is 607 g/mol. The summed E-state index contributed by atoms with van der Waals surface area (Å²) in [4.78, 5) is 13.4. The molecule has 0 unspecified atom stereocenters. The Hall–Kier alpha value is -3.74. The average Bonchev–Trinajstić information content (AvgIpc) is 3.05. The van der Waals surface area contributed by atoms with Crippen LogP contribution in [0.3, 0.4) is 0 Å². The van der Waals surface area contributed by atoms with Gasteiger partial charge in [0.1, 0.15) is 25.6 Å². The second-order valence-electron chi connectivity index (χ2n) is 11.2. The topological polar surface area (TPSA) is 132 Å². The summed E-state index contributed by atoms with van der Waals surface area (Å²) < 4.78 is 13.9. The lowest BCUT2D eigenvalue weighted by Crippen LogP contribution is -2.78. The Bertz CT molecular complexity index is 1320. The third-order valence-electron chi connectivity index (χ3n) is 7.27. The highest BCUT2D eigenvalue weighted by molar-refractivity contribution is 5.87. The van der Waals surface area contributed by atoms with Crippen molar-refractivity contribution in [2.45, 2.75) is 70.9 Å². The van der Waals surface area contributed by atoms with Crippen LogP contribution < -0.4 is 15.7 Å². The number of hydrogen-bond acceptors (Lipinski definition) is 6. The van der Waals surface area contributed by atoms with Gasteiger partial charge in [-0.2, -0.15) is 0 Å². The molecule has 238 valence electrons. The molecule has 0 amide bonds. The standard InChI is InChI=1S/C32H36FNO2.C4H11NO3/c1-3-5-7-8-22-34(29-20-21-31(33)30(23-29)32(35)36)24-28-18-16-27(17-19-28)15-14-26-12-10-25(11-13-26)9-6-4-2;5-4(1-6,2-7)3-8/h10-13,16-21,23H,3-9,22,24H2,1-2H3,(H,35,36);6-8H,1-3,5H2. The van der Waals surface area contributed by atoms with Crippen LogP contribution >= 0.6 is 0 Å². The summed E-state index contributed by atoms with van der Waals surface area (Å²) >= 11 is 0. The number of hydrogen-bond donors (Lipinski definition) is 4. The molecule has 8 heteroatoms. The van der Waals surface area contributed by atoms with Crippen molar-refractivity contribution in [1.82, 2.24) is 0 Å². The van der Waals surface area contributed by atoms with Gasteiger partial charge in [-0.1, -0.05) is 75.6 Å². The first-order chi connectivity index (χ1) is 21.2. The Labute approximate surface area is 261 Å². The van der Waals surface area contributed by atoms with E-state index in [1.165, 1.54) is 30.5 Å². The number of benzene rings is 3. The first-order valence-electron chi connectivity index (χ1n) is 15.3. The van der Waals surface area contributed by atoms with Gasteiger partial charge < -0.3 is 35.9 Å². The zero-order valence-electron chi connectivity index (χ0n) is 26.0. The Morgan fingerprint density at radius 2 is 1.36 bits per heavy atom. The molecular weight excluding hydrogens is 559 g/mol. The molecule has 3 aromatic rings. The fourth-order valence-corrected chi connectivity index (χ4v) is 4.24. The lowest BCUT2D eigenvalue weighted by atomic mass is 10.1. The minimum Gasteiger partial charge on any atom is -0.545 e. The molecule has 7 nitrogen and oxygen atoms in total. The Kier molecular flexibility index (Phi) is 16.2. The zero-order chi connectivity index (χ0) is 32.4. The summed E-state index contributed by atoms with van der Waals surface area (Å²) in [7, 11) is 0. The predicted octanol–water partition coefficient (Wildman–Crippen LogP) is 3.46. The number of anilines is 1. The van der Waals surface area contributed by atoms with Crippen LogP contribution in [0, 0.1) is 17.7 Å². The molecule has 0 fully saturated rings. The lowest BCUT2D eigenvalue weighted by Gasteiger charge is -2.26. The quantitative estimate of drug-likeness (QED) is 0.155. The van der Waals surface area contributed by atoms with Gasteiger partial charge in [0, 0.05) is 35.5 Å². The summed E-state index contributed by atoms with van der Waals surface area (Å²) in [5.74, 6) is 4.19. The van der Waals surface area contributed by atoms with E-state index in [1.807, 2.05) is 24.3 Å². The summed E-state index contributed by atoms with van der Waals surface area (Å²) in [6, 6.07) is 20.8. The molecule has 3 rings (SSSR count). The minimum atomic E-state index is -1.50. The van der Waals surface area contributed by atoms with E-state index in [1.54, 1.807) is 6.07 Å². The van der Waals surface area contributed by atoms with Gasteiger partial charge in [-0.05, 0) is 72.9 Å². The van der Waals surface area contributed by atoms with Crippen molar-refractivity contribution in [1.29, 1.82) is 0 Å². The molecule has 0 saturated carbocycles. The molecule has 3 aromatic carbocycles. The predicted molar refractivity (Wildman–Crippen MR) is 170 cm³/mol. The number of halogens is 1. The molecule has 0 aromatic heterocycles. The summed E-state index contributed by atoms with van der Waals surface area (Å²) in [5.41, 5.74) is 7.05. The maximum atomic E-state index is 13.9. The molecule has 0 spiro atoms. The van der Waals surface area contributed by atoms with Gasteiger partial charge >= 0.3 is 0 Å². The van der Waals surface area contributed by atoms with Crippen LogP contribution in [0.2, 0.25) is 0 Å². The van der Waals surface area contributed by atoms with E-state index >= 15 is 0 Å². The van der Waals surface area contributed by atoms with E-state index in [9.17, 15) is 14.3 Å². The number of carboxylic acids is 1. The molecule has 0 bridgehead atoms. The monoisotopic (exact) mass is 606 g/mol. The molecule has 0 radical (unpaired) electrons. The Morgan fingerprint density at radius 3 is 1.84 bits per heavy atom. The number of unbranched alkanes of at least 4 members (excludes halogenated alkanes) is 4. The van der Waals surface area contributed by atoms with Crippen LogP contribution in [0.1, 0.15) is 85.0 Å². The van der Waals surface area contributed by atoms with Crippen LogP contribution in [0.5, 0.6) is 0 Å². The number of carbonyl (C=O) groups excluding carboxylic acids is 1. The third-order valence-corrected chi connectivity index (χ3v) is 7.27. The van der Waals surface area contributed by atoms with Gasteiger partial charge in [-0.15, -0.1) is 0 Å². The highest BCUT2D eigenvalue weighted by atomic mass is 19.1. The molecule has 0 aliphatic heterocycles. The SMILES string of the molecule is CCCCCCN(Cc1ccc(C#Cc2ccc(CCCC)cc2)cc1)c1ccc(F)c(C(=O)[O-])c1.[NH3+]C(CO)(CO)CO. The molecular formula is C36H47FN2O5. The smallest absolute Gasteiger partial charge is 0.164 e.